The fourth-order valence-corrected chi connectivity index (χ4v) is 2.00. The van der Waals surface area contributed by atoms with Crippen LogP contribution in [0.1, 0.15) is 31.1 Å². The molecule has 5 nitrogen and oxygen atoms in total. The van der Waals surface area contributed by atoms with Crippen LogP contribution in [0.15, 0.2) is 35.3 Å². The average Bonchev–Trinajstić information content (AvgIpc) is 2.41. The van der Waals surface area contributed by atoms with Gasteiger partial charge in [-0.3, -0.25) is 15.1 Å². The Morgan fingerprint density at radius 3 is 2.57 bits per heavy atom. The molecule has 0 saturated carbocycles. The molecule has 1 aromatic carbocycles. The van der Waals surface area contributed by atoms with E-state index in [1.165, 1.54) is 18.1 Å². The number of ether oxygens (including phenoxy) is 1. The van der Waals surface area contributed by atoms with Crippen LogP contribution < -0.4 is 5.32 Å². The van der Waals surface area contributed by atoms with Crippen molar-refractivity contribution in [3.8, 4) is 0 Å². The lowest BCUT2D eigenvalue weighted by molar-refractivity contribution is 0.0565. The zero-order chi connectivity index (χ0) is 15.7. The molecular formula is C15H20N2O3S. The summed E-state index contributed by atoms with van der Waals surface area (Å²) in [5.74, 6) is 0.556. The second-order valence-corrected chi connectivity index (χ2v) is 6.25. The number of benzene rings is 1. The van der Waals surface area contributed by atoms with Crippen molar-refractivity contribution >= 4 is 29.3 Å². The van der Waals surface area contributed by atoms with E-state index in [-0.39, 0.29) is 5.12 Å². The Labute approximate surface area is 129 Å². The average molecular weight is 308 g/mol. The van der Waals surface area contributed by atoms with Gasteiger partial charge in [-0.2, -0.15) is 0 Å². The Hall–Kier alpha value is -1.82. The minimum atomic E-state index is -0.542. The standard InChI is InChI=1S/C15H20N2O3S/c1-15(2,3)20-14(19)17-11-16-9-10-21-13(18)12-7-5-4-6-8-12/h4-8,11H,9-10H2,1-3H3,(H,16,17,19). The highest BCUT2D eigenvalue weighted by Gasteiger charge is 2.14. The molecule has 1 rings (SSSR count). The first-order chi connectivity index (χ1) is 9.88. The molecule has 0 radical (unpaired) electrons. The van der Waals surface area contributed by atoms with Gasteiger partial charge in [0, 0.05) is 11.3 Å². The number of nitrogens with zero attached hydrogens (tertiary/aromatic N) is 1. The number of hydrogen-bond donors (Lipinski definition) is 1. The van der Waals surface area contributed by atoms with Crippen LogP contribution in [0.4, 0.5) is 4.79 Å². The van der Waals surface area contributed by atoms with E-state index in [0.29, 0.717) is 17.9 Å². The fraction of sp³-hybridized carbons (Fsp3) is 0.400. The smallest absolute Gasteiger partial charge is 0.412 e. The van der Waals surface area contributed by atoms with Gasteiger partial charge in [-0.1, -0.05) is 42.1 Å². The zero-order valence-electron chi connectivity index (χ0n) is 12.5. The molecule has 0 saturated heterocycles. The van der Waals surface area contributed by atoms with E-state index < -0.39 is 11.7 Å². The second-order valence-electron chi connectivity index (χ2n) is 5.18. The summed E-state index contributed by atoms with van der Waals surface area (Å²) in [6.45, 7) is 5.81. The van der Waals surface area contributed by atoms with Gasteiger partial charge < -0.3 is 4.74 Å². The van der Waals surface area contributed by atoms with Crippen LogP contribution >= 0.6 is 11.8 Å². The number of carbonyl (C=O) groups excluding carboxylic acids is 2. The fourth-order valence-electron chi connectivity index (χ4n) is 1.32. The Balaban J connectivity index is 2.18. The van der Waals surface area contributed by atoms with Crippen molar-refractivity contribution in [2.45, 2.75) is 26.4 Å². The molecule has 0 aromatic heterocycles. The monoisotopic (exact) mass is 308 g/mol. The highest BCUT2D eigenvalue weighted by Crippen LogP contribution is 2.11. The number of aliphatic imine (C=N–C) groups is 1. The molecule has 114 valence electrons. The number of thioether (sulfide) groups is 1. The number of rotatable bonds is 5. The normalized spacial score (nSPS) is 11.4. The molecule has 0 heterocycles. The predicted molar refractivity (Wildman–Crippen MR) is 86.0 cm³/mol. The minimum absolute atomic E-state index is 0.0194. The van der Waals surface area contributed by atoms with Crippen molar-refractivity contribution in [2.24, 2.45) is 4.99 Å². The van der Waals surface area contributed by atoms with Crippen LogP contribution in [0.3, 0.4) is 0 Å². The van der Waals surface area contributed by atoms with Crippen molar-refractivity contribution < 1.29 is 14.3 Å². The molecule has 0 aliphatic rings. The van der Waals surface area contributed by atoms with Crippen LogP contribution in [0, 0.1) is 0 Å². The summed E-state index contributed by atoms with van der Waals surface area (Å²) in [6, 6.07) is 9.09. The first-order valence-electron chi connectivity index (χ1n) is 6.58. The maximum Gasteiger partial charge on any atom is 0.412 e. The van der Waals surface area contributed by atoms with Crippen LogP contribution in [0.5, 0.6) is 0 Å². The number of nitrogens with one attached hydrogen (secondary N) is 1. The highest BCUT2D eigenvalue weighted by atomic mass is 32.2. The molecule has 1 aromatic rings. The highest BCUT2D eigenvalue weighted by molar-refractivity contribution is 8.14. The summed E-state index contributed by atoms with van der Waals surface area (Å²) in [5.41, 5.74) is 0.147. The summed E-state index contributed by atoms with van der Waals surface area (Å²) in [7, 11) is 0. The summed E-state index contributed by atoms with van der Waals surface area (Å²) in [5, 5.41) is 2.43. The Bertz CT molecular complexity index is 495. The van der Waals surface area contributed by atoms with Crippen LogP contribution in [-0.4, -0.2) is 35.4 Å². The molecule has 0 unspecified atom stereocenters. The van der Waals surface area contributed by atoms with Gasteiger partial charge in [0.2, 0.25) is 5.12 Å². The van der Waals surface area contributed by atoms with Gasteiger partial charge in [-0.25, -0.2) is 4.79 Å². The predicted octanol–water partition coefficient (Wildman–Crippen LogP) is 3.11. The van der Waals surface area contributed by atoms with Crippen LogP contribution in [0.2, 0.25) is 0 Å². The largest absolute Gasteiger partial charge is 0.444 e. The zero-order valence-corrected chi connectivity index (χ0v) is 13.3. The van der Waals surface area contributed by atoms with E-state index in [9.17, 15) is 9.59 Å². The lowest BCUT2D eigenvalue weighted by Crippen LogP contribution is -2.31. The molecule has 0 fully saturated rings. The van der Waals surface area contributed by atoms with E-state index in [1.54, 1.807) is 32.9 Å². The van der Waals surface area contributed by atoms with Crippen LogP contribution in [0.25, 0.3) is 0 Å². The molecule has 0 spiro atoms. The molecule has 1 amide bonds. The van der Waals surface area contributed by atoms with E-state index in [2.05, 4.69) is 10.3 Å². The third-order valence-corrected chi connectivity index (χ3v) is 3.02. The maximum atomic E-state index is 11.8. The molecule has 0 atom stereocenters. The quantitative estimate of drug-likeness (QED) is 0.515. The molecule has 0 aliphatic carbocycles. The molecule has 6 heteroatoms. The molecular weight excluding hydrogens is 288 g/mol. The third-order valence-electron chi connectivity index (χ3n) is 2.14. The van der Waals surface area contributed by atoms with Gasteiger partial charge in [-0.15, -0.1) is 0 Å². The van der Waals surface area contributed by atoms with Crippen molar-refractivity contribution in [2.75, 3.05) is 12.3 Å². The van der Waals surface area contributed by atoms with Crippen molar-refractivity contribution in [3.63, 3.8) is 0 Å². The number of amides is 1. The molecule has 0 bridgehead atoms. The van der Waals surface area contributed by atoms with Gasteiger partial charge in [0.1, 0.15) is 5.60 Å². The van der Waals surface area contributed by atoms with E-state index in [4.69, 9.17) is 4.74 Å². The lowest BCUT2D eigenvalue weighted by atomic mass is 10.2. The molecule has 21 heavy (non-hydrogen) atoms. The summed E-state index contributed by atoms with van der Waals surface area (Å²) in [6.07, 6.45) is 0.751. The summed E-state index contributed by atoms with van der Waals surface area (Å²) in [4.78, 5) is 27.1. The van der Waals surface area contributed by atoms with Gasteiger partial charge in [0.05, 0.1) is 12.9 Å². The summed E-state index contributed by atoms with van der Waals surface area (Å²) >= 11 is 1.20. The Kier molecular flexibility index (Phi) is 6.94. The molecule has 0 aliphatic heterocycles. The number of alkyl carbamates (subject to hydrolysis) is 1. The SMILES string of the molecule is CC(C)(C)OC(=O)NC=NCCSC(=O)c1ccccc1. The van der Waals surface area contributed by atoms with Crippen molar-refractivity contribution in [1.82, 2.24) is 5.32 Å². The van der Waals surface area contributed by atoms with E-state index >= 15 is 0 Å². The first-order valence-corrected chi connectivity index (χ1v) is 7.57. The van der Waals surface area contributed by atoms with Gasteiger partial charge in [0.25, 0.3) is 0 Å². The number of hydrogen-bond acceptors (Lipinski definition) is 5. The number of carbonyl (C=O) groups is 2. The van der Waals surface area contributed by atoms with E-state index in [1.807, 2.05) is 18.2 Å². The third kappa shape index (κ3) is 8.14. The van der Waals surface area contributed by atoms with Crippen molar-refractivity contribution in [3.05, 3.63) is 35.9 Å². The maximum absolute atomic E-state index is 11.8. The second kappa shape index (κ2) is 8.46. The Morgan fingerprint density at radius 1 is 1.29 bits per heavy atom. The lowest BCUT2D eigenvalue weighted by Gasteiger charge is -2.18. The van der Waals surface area contributed by atoms with Gasteiger partial charge in [-0.05, 0) is 20.8 Å². The Morgan fingerprint density at radius 2 is 1.95 bits per heavy atom. The van der Waals surface area contributed by atoms with E-state index in [0.717, 1.165) is 0 Å². The van der Waals surface area contributed by atoms with Crippen LogP contribution in [-0.2, 0) is 4.74 Å². The van der Waals surface area contributed by atoms with Gasteiger partial charge >= 0.3 is 6.09 Å². The molecule has 1 N–H and O–H groups in total. The first kappa shape index (κ1) is 17.2. The minimum Gasteiger partial charge on any atom is -0.444 e. The topological polar surface area (TPSA) is 67.8 Å². The van der Waals surface area contributed by atoms with Crippen molar-refractivity contribution in [1.29, 1.82) is 0 Å². The van der Waals surface area contributed by atoms with Gasteiger partial charge in [0.15, 0.2) is 0 Å². The summed E-state index contributed by atoms with van der Waals surface area (Å²) < 4.78 is 5.04.